The van der Waals surface area contributed by atoms with Gasteiger partial charge in [-0.2, -0.15) is 20.4 Å². The summed E-state index contributed by atoms with van der Waals surface area (Å²) >= 11 is 0. The van der Waals surface area contributed by atoms with Gasteiger partial charge in [0.05, 0.1) is 72.9 Å². The lowest BCUT2D eigenvalue weighted by molar-refractivity contribution is 0.0725. The van der Waals surface area contributed by atoms with Crippen LogP contribution >= 0.6 is 0 Å². The first kappa shape index (κ1) is 92.6. The van der Waals surface area contributed by atoms with E-state index in [0.717, 1.165) is 175 Å². The molecule has 0 aliphatic carbocycles. The maximum Gasteiger partial charge on any atom is 0.270 e. The number of carbonyl (C=O) groups excluding carboxylic acids is 4. The number of hydrogen-bond acceptors (Lipinski definition) is 24. The standard InChI is InChI=1S/C27H29N9O.C25H27N9O.2C24H25N9O/c1-16(2)36-24-6-8-35(13-19(24)12-30-36)26(37)22-11-18-10-20(9-17(3)25(18)32-22)31-27-28-7-5-21(33-27)23-14-34(4)15-29-23;1-5-34(13-17-11-28-33(4)12-17)24(35)21-10-18-9-19(8-16(2)23(18)30-21)29-25-26-7-6-20(31-25)22-14-32(3)15-27-22;1-14-7-18(29-24-25-6-5-19(31-24)21-12-32(3)13-27-21)8-16-9-20(30-22(14)16)23(34)26-10-17-11-28-33(4)15(17)2;1-4-33-12-16(11-28-33)10-26-23(34)20-9-17-8-18(7-15(2)22(17)30-20)29-24-25-6-5-19(31-24)21-13-32(3)14-27-21/h5,7,9-12,14-16,32H,6,8,13H2,1-4H3,(H,28,31,33);6-12,14-15,30H,5,13H2,1-4H3,(H,26,29,31);5-9,11-13,30H,10H2,1-4H3,(H,26,34)(H,25,29,31);5-9,11-14,30H,4,10H2,1-3H3,(H,26,34)(H,25,29,31). The molecule has 40 heteroatoms. The summed E-state index contributed by atoms with van der Waals surface area (Å²) in [6, 6.07) is 31.1. The van der Waals surface area contributed by atoms with E-state index in [1.165, 1.54) is 5.69 Å². The van der Waals surface area contributed by atoms with E-state index in [-0.39, 0.29) is 23.6 Å². The Morgan fingerprint density at radius 1 is 0.429 bits per heavy atom. The highest BCUT2D eigenvalue weighted by Gasteiger charge is 2.28. The van der Waals surface area contributed by atoms with E-state index >= 15 is 0 Å². The largest absolute Gasteiger partial charge is 0.350 e. The van der Waals surface area contributed by atoms with Gasteiger partial charge < -0.3 is 79.9 Å². The molecule has 0 spiro atoms. The molecule has 40 nitrogen and oxygen atoms in total. The van der Waals surface area contributed by atoms with Crippen LogP contribution in [0.2, 0.25) is 0 Å². The first-order valence-electron chi connectivity index (χ1n) is 45.6. The molecule has 1 aliphatic heterocycles. The molecule has 20 aromatic rings. The van der Waals surface area contributed by atoms with Crippen LogP contribution in [-0.4, -0.2) is 184 Å². The van der Waals surface area contributed by atoms with E-state index in [9.17, 15) is 19.2 Å². The number of aromatic nitrogens is 28. The van der Waals surface area contributed by atoms with Crippen molar-refractivity contribution < 1.29 is 19.2 Å². The summed E-state index contributed by atoms with van der Waals surface area (Å²) in [4.78, 5) is 122. The van der Waals surface area contributed by atoms with Gasteiger partial charge in [-0.25, -0.2) is 59.8 Å². The highest BCUT2D eigenvalue weighted by molar-refractivity contribution is 6.03. The number of nitrogens with one attached hydrogen (secondary N) is 10. The molecule has 4 amide bonds. The number of fused-ring (bicyclic) bond motifs is 5. The lowest BCUT2D eigenvalue weighted by atomic mass is 10.1. The molecule has 0 unspecified atom stereocenters. The number of H-pyrrole nitrogens is 4. The Hall–Kier alpha value is -17.9. The summed E-state index contributed by atoms with van der Waals surface area (Å²) in [5.74, 6) is 1.53. The number of nitrogens with zero attached hydrogens (tertiary/aromatic N) is 26. The van der Waals surface area contributed by atoms with Crippen molar-refractivity contribution in [3.05, 3.63) is 288 Å². The third-order valence-corrected chi connectivity index (χ3v) is 24.0. The van der Waals surface area contributed by atoms with Crippen LogP contribution in [0.4, 0.5) is 46.5 Å². The number of amides is 4. The second-order valence-electron chi connectivity index (χ2n) is 34.9. The molecule has 0 radical (unpaired) electrons. The number of carbonyl (C=O) groups is 4. The zero-order chi connectivity index (χ0) is 97.7. The van der Waals surface area contributed by atoms with Crippen LogP contribution in [0, 0.1) is 34.6 Å². The number of imidazole rings is 4. The van der Waals surface area contributed by atoms with Gasteiger partial charge in [0.1, 0.15) is 45.6 Å². The molecule has 0 saturated carbocycles. The van der Waals surface area contributed by atoms with Crippen molar-refractivity contribution >= 4 is 114 Å². The molecular weight excluding hydrogens is 1770 g/mol. The molecule has 0 atom stereocenters. The van der Waals surface area contributed by atoms with Gasteiger partial charge in [0.15, 0.2) is 0 Å². The third kappa shape index (κ3) is 21.0. The Morgan fingerprint density at radius 2 is 0.836 bits per heavy atom. The second-order valence-corrected chi connectivity index (χ2v) is 34.9. The fourth-order valence-electron chi connectivity index (χ4n) is 16.8. The molecule has 710 valence electrons. The summed E-state index contributed by atoms with van der Waals surface area (Å²) in [7, 11) is 11.4. The summed E-state index contributed by atoms with van der Waals surface area (Å²) < 4.78 is 14.9. The van der Waals surface area contributed by atoms with E-state index in [2.05, 4.69) is 151 Å². The quantitative estimate of drug-likeness (QED) is 0.0254. The Labute approximate surface area is 803 Å². The van der Waals surface area contributed by atoms with Crippen molar-refractivity contribution in [3.63, 3.8) is 0 Å². The normalized spacial score (nSPS) is 11.8. The second kappa shape index (κ2) is 40.0. The zero-order valence-corrected chi connectivity index (χ0v) is 80.1. The monoisotopic (exact) mass is 1870 g/mol. The smallest absolute Gasteiger partial charge is 0.270 e. The van der Waals surface area contributed by atoms with Crippen molar-refractivity contribution in [1.29, 1.82) is 0 Å². The summed E-state index contributed by atoms with van der Waals surface area (Å²) in [6.07, 6.45) is 33.3. The minimum Gasteiger partial charge on any atom is -0.350 e. The lowest BCUT2D eigenvalue weighted by Crippen LogP contribution is -2.36. The molecule has 10 N–H and O–H groups in total. The fraction of sp³-hybridized carbons (Fsp3) is 0.240. The van der Waals surface area contributed by atoms with Gasteiger partial charge in [-0.15, -0.1) is 0 Å². The van der Waals surface area contributed by atoms with Crippen molar-refractivity contribution in [2.24, 2.45) is 42.3 Å². The fourth-order valence-corrected chi connectivity index (χ4v) is 16.8. The van der Waals surface area contributed by atoms with Gasteiger partial charge in [0.25, 0.3) is 23.6 Å². The average Bonchev–Trinajstić information content (AvgIpc) is 1.64. The van der Waals surface area contributed by atoms with Gasteiger partial charge in [0, 0.05) is 263 Å². The van der Waals surface area contributed by atoms with Crippen LogP contribution in [0.25, 0.3) is 89.2 Å². The Balaban J connectivity index is 0.000000124. The van der Waals surface area contributed by atoms with Crippen molar-refractivity contribution in [2.45, 2.75) is 108 Å². The molecule has 21 rings (SSSR count). The topological polar surface area (TPSA) is 456 Å². The molecule has 17 heterocycles. The van der Waals surface area contributed by atoms with E-state index in [1.807, 2.05) is 259 Å². The molecule has 0 saturated heterocycles. The first-order chi connectivity index (χ1) is 67.6. The van der Waals surface area contributed by atoms with E-state index in [4.69, 9.17) is 0 Å². The molecular formula is C100H106N36O4. The maximum atomic E-state index is 13.4. The minimum atomic E-state index is -0.167. The van der Waals surface area contributed by atoms with Crippen LogP contribution in [-0.2, 0) is 81.4 Å². The number of benzene rings is 4. The third-order valence-electron chi connectivity index (χ3n) is 24.0. The number of aromatic amines is 4. The summed E-state index contributed by atoms with van der Waals surface area (Å²) in [5.41, 5.74) is 25.7. The van der Waals surface area contributed by atoms with Gasteiger partial charge in [-0.1, -0.05) is 0 Å². The maximum absolute atomic E-state index is 13.4. The predicted octanol–water partition coefficient (Wildman–Crippen LogP) is 15.1. The Bertz CT molecular complexity index is 7960. The van der Waals surface area contributed by atoms with Gasteiger partial charge in [-0.05, 0) is 182 Å². The SMILES string of the molecule is CCN(Cc1cnn(C)c1)C(=O)c1cc2cc(Nc3nccc(-c4cn(C)cn4)n3)cc(C)c2[nH]1.CCn1cc(CNC(=O)c2cc3cc(Nc4nccc(-c5cn(C)cn5)n4)cc(C)c3[nH]2)cn1.Cc1cc(Nc2nccc(-c3cn(C)cn3)n2)cc2cc(C(=O)N3CCc4c(cnn4C(C)C)C3)[nH]c12.Cc1cc(Nc2nccc(-c3cn(C)cn3)n2)cc2cc(C(=O)NCc3cnn(C)c3C)[nH]c12. The minimum absolute atomic E-state index is 0.000508. The molecule has 1 aliphatic rings. The number of rotatable bonds is 25. The molecule has 140 heavy (non-hydrogen) atoms. The molecule has 0 fully saturated rings. The predicted molar refractivity (Wildman–Crippen MR) is 535 cm³/mol. The molecule has 4 aromatic carbocycles. The van der Waals surface area contributed by atoms with Crippen molar-refractivity contribution in [1.82, 2.24) is 158 Å². The van der Waals surface area contributed by atoms with Crippen LogP contribution in [0.3, 0.4) is 0 Å². The average molecular weight is 1880 g/mol. The highest BCUT2D eigenvalue weighted by atomic mass is 16.2. The number of hydrogen-bond donors (Lipinski definition) is 10. The highest BCUT2D eigenvalue weighted by Crippen LogP contribution is 2.34. The van der Waals surface area contributed by atoms with Crippen LogP contribution in [0.1, 0.15) is 132 Å². The molecule has 16 aromatic heterocycles. The van der Waals surface area contributed by atoms with Gasteiger partial charge >= 0.3 is 0 Å². The van der Waals surface area contributed by atoms with E-state index < -0.39 is 0 Å². The lowest BCUT2D eigenvalue weighted by Gasteiger charge is -2.27. The summed E-state index contributed by atoms with van der Waals surface area (Å²) in [5, 5.41) is 39.9. The zero-order valence-electron chi connectivity index (χ0n) is 80.1. The first-order valence-corrected chi connectivity index (χ1v) is 45.6. The Kier molecular flexibility index (Phi) is 26.4. The van der Waals surface area contributed by atoms with Crippen molar-refractivity contribution in [2.75, 3.05) is 34.4 Å². The van der Waals surface area contributed by atoms with Crippen molar-refractivity contribution in [3.8, 4) is 45.6 Å². The van der Waals surface area contributed by atoms with Crippen LogP contribution < -0.4 is 31.9 Å². The van der Waals surface area contributed by atoms with Crippen LogP contribution in [0.5, 0.6) is 0 Å². The van der Waals surface area contributed by atoms with E-state index in [0.29, 0.717) is 91.9 Å². The van der Waals surface area contributed by atoms with Crippen LogP contribution in [0.15, 0.2) is 209 Å². The molecule has 0 bridgehead atoms. The van der Waals surface area contributed by atoms with Gasteiger partial charge in [-0.3, -0.25) is 37.9 Å². The number of aryl methyl sites for hydroxylation is 11. The number of anilines is 8. The van der Waals surface area contributed by atoms with Gasteiger partial charge in [0.2, 0.25) is 23.8 Å². The van der Waals surface area contributed by atoms with E-state index in [1.54, 1.807) is 83.0 Å². The Morgan fingerprint density at radius 3 is 1.21 bits per heavy atom. The summed E-state index contributed by atoms with van der Waals surface area (Å²) in [6.45, 7) is 22.3.